The topological polar surface area (TPSA) is 86.2 Å². The molecule has 4 aromatic carbocycles. The van der Waals surface area contributed by atoms with Gasteiger partial charge >= 0.3 is 6.09 Å². The van der Waals surface area contributed by atoms with Crippen molar-refractivity contribution < 1.29 is 28.2 Å². The molecule has 0 spiro atoms. The van der Waals surface area contributed by atoms with Gasteiger partial charge in [-0.25, -0.2) is 4.79 Å². The van der Waals surface area contributed by atoms with Crippen molar-refractivity contribution in [3.8, 4) is 0 Å². The van der Waals surface area contributed by atoms with Crippen molar-refractivity contribution in [2.24, 2.45) is 0 Å². The van der Waals surface area contributed by atoms with Crippen molar-refractivity contribution in [2.75, 3.05) is 6.61 Å². The lowest BCUT2D eigenvalue weighted by Gasteiger charge is -2.49. The van der Waals surface area contributed by atoms with E-state index in [4.69, 9.17) is 18.3 Å². The molecule has 0 bridgehead atoms. The van der Waals surface area contributed by atoms with E-state index in [1.54, 1.807) is 0 Å². The molecule has 2 saturated heterocycles. The number of aliphatic hydroxyl groups excluding tert-OH is 1. The van der Waals surface area contributed by atoms with E-state index in [0.29, 0.717) is 0 Å². The number of hydrogen-bond donors (Lipinski definition) is 2. The Morgan fingerprint density at radius 1 is 0.667 bits per heavy atom. The number of ether oxygens (including phenoxy) is 2. The average Bonchev–Trinajstić information content (AvgIpc) is 3.48. The highest BCUT2D eigenvalue weighted by Gasteiger charge is 2.59. The van der Waals surface area contributed by atoms with Crippen LogP contribution in [0.4, 0.5) is 4.79 Å². The molecule has 0 aromatic heterocycles. The molecular weight excluding hydrogens is 635 g/mol. The normalized spacial score (nSPS) is 23.2. The van der Waals surface area contributed by atoms with Crippen LogP contribution in [-0.2, 0) is 18.3 Å². The molecule has 0 aliphatic carbocycles. The fourth-order valence-electron chi connectivity index (χ4n) is 7.58. The van der Waals surface area contributed by atoms with E-state index in [1.165, 1.54) is 0 Å². The summed E-state index contributed by atoms with van der Waals surface area (Å²) >= 11 is 0. The van der Waals surface area contributed by atoms with E-state index < -0.39 is 53.4 Å². The number of rotatable bonds is 9. The minimum Gasteiger partial charge on any atom is -0.441 e. The molecule has 7 nitrogen and oxygen atoms in total. The van der Waals surface area contributed by atoms with Gasteiger partial charge in [0, 0.05) is 0 Å². The Balaban J connectivity index is 1.41. The Kier molecular flexibility index (Phi) is 9.56. The van der Waals surface area contributed by atoms with Crippen molar-refractivity contribution in [2.45, 2.75) is 82.3 Å². The average molecular weight is 682 g/mol. The van der Waals surface area contributed by atoms with Crippen LogP contribution >= 0.6 is 0 Å². The minimum absolute atomic E-state index is 0.0792. The Morgan fingerprint density at radius 3 is 1.46 bits per heavy atom. The van der Waals surface area contributed by atoms with Crippen LogP contribution < -0.4 is 26.1 Å². The molecule has 2 aliphatic heterocycles. The number of carbonyl (C=O) groups excluding carboxylic acids is 1. The van der Waals surface area contributed by atoms with Crippen molar-refractivity contribution in [3.63, 3.8) is 0 Å². The van der Waals surface area contributed by atoms with Crippen LogP contribution in [0.3, 0.4) is 0 Å². The highest BCUT2D eigenvalue weighted by Crippen LogP contribution is 2.41. The molecule has 6 rings (SSSR count). The molecule has 0 unspecified atom stereocenters. The standard InChI is InChI=1S/C39H47NO6Si2/c1-38(2,3)47(28-19-11-7-12-20-28,29-21-13-8-14-22-29)43-27-32-34(41)35-33(40-37(42)45-35)36(44-32)46-48(39(4,5)6,30-23-15-9-16-24-30)31-25-17-10-18-26-31/h7-26,32-36,41H,27H2,1-6H3,(H,40,42)/t32-,33-,34-,35-,36+/m1/s1. The maximum Gasteiger partial charge on any atom is 0.408 e. The molecule has 5 atom stereocenters. The molecule has 2 fully saturated rings. The number of benzene rings is 4. The fraction of sp³-hybridized carbons (Fsp3) is 0.359. The predicted octanol–water partition coefficient (Wildman–Crippen LogP) is 4.70. The van der Waals surface area contributed by atoms with Gasteiger partial charge in [0.2, 0.25) is 0 Å². The molecule has 0 saturated carbocycles. The van der Waals surface area contributed by atoms with Crippen molar-refractivity contribution in [3.05, 3.63) is 121 Å². The number of aliphatic hydroxyl groups is 1. The molecule has 2 heterocycles. The van der Waals surface area contributed by atoms with Crippen molar-refractivity contribution in [1.29, 1.82) is 0 Å². The summed E-state index contributed by atoms with van der Waals surface area (Å²) < 4.78 is 27.1. The van der Waals surface area contributed by atoms with Gasteiger partial charge in [-0.05, 0) is 30.8 Å². The van der Waals surface area contributed by atoms with Gasteiger partial charge in [0.1, 0.15) is 18.2 Å². The second-order valence-electron chi connectivity index (χ2n) is 14.8. The largest absolute Gasteiger partial charge is 0.441 e. The molecule has 1 amide bonds. The summed E-state index contributed by atoms with van der Waals surface area (Å²) in [4.78, 5) is 12.8. The smallest absolute Gasteiger partial charge is 0.408 e. The molecular formula is C39H47NO6Si2. The van der Waals surface area contributed by atoms with E-state index in [0.717, 1.165) is 20.7 Å². The summed E-state index contributed by atoms with van der Waals surface area (Å²) in [6.45, 7) is 13.3. The zero-order valence-electron chi connectivity index (χ0n) is 28.6. The Hall–Kier alpha value is -3.58. The Morgan fingerprint density at radius 2 is 1.06 bits per heavy atom. The van der Waals surface area contributed by atoms with Gasteiger partial charge in [-0.1, -0.05) is 163 Å². The lowest BCUT2D eigenvalue weighted by atomic mass is 9.98. The minimum atomic E-state index is -3.11. The van der Waals surface area contributed by atoms with Crippen LogP contribution in [0.25, 0.3) is 0 Å². The van der Waals surface area contributed by atoms with Crippen molar-refractivity contribution >= 4 is 43.5 Å². The van der Waals surface area contributed by atoms with Gasteiger partial charge < -0.3 is 28.7 Å². The molecule has 2 aliphatic rings. The van der Waals surface area contributed by atoms with Gasteiger partial charge in [0.05, 0.1) is 6.61 Å². The quantitative estimate of drug-likeness (QED) is 0.249. The zero-order chi connectivity index (χ0) is 34.2. The van der Waals surface area contributed by atoms with Gasteiger partial charge in [-0.2, -0.15) is 0 Å². The second-order valence-corrected chi connectivity index (χ2v) is 23.4. The molecule has 0 radical (unpaired) electrons. The summed E-state index contributed by atoms with van der Waals surface area (Å²) in [5.74, 6) is 0. The van der Waals surface area contributed by atoms with Crippen LogP contribution in [0.1, 0.15) is 41.5 Å². The third-order valence-electron chi connectivity index (χ3n) is 9.79. The first-order chi connectivity index (χ1) is 22.9. The monoisotopic (exact) mass is 681 g/mol. The number of carbonyl (C=O) groups is 1. The van der Waals surface area contributed by atoms with Gasteiger partial charge in [-0.3, -0.25) is 0 Å². The van der Waals surface area contributed by atoms with Gasteiger partial charge in [-0.15, -0.1) is 0 Å². The molecule has 9 heteroatoms. The highest BCUT2D eigenvalue weighted by molar-refractivity contribution is 7.00. The van der Waals surface area contributed by atoms with E-state index in [9.17, 15) is 9.90 Å². The number of hydrogen-bond acceptors (Lipinski definition) is 6. The number of amides is 1. The van der Waals surface area contributed by atoms with Gasteiger partial charge in [0.25, 0.3) is 16.6 Å². The molecule has 48 heavy (non-hydrogen) atoms. The molecule has 252 valence electrons. The van der Waals surface area contributed by atoms with E-state index >= 15 is 0 Å². The maximum absolute atomic E-state index is 12.8. The lowest BCUT2D eigenvalue weighted by molar-refractivity contribution is -0.232. The third kappa shape index (κ3) is 6.08. The maximum atomic E-state index is 12.8. The van der Waals surface area contributed by atoms with Crippen LogP contribution in [0.15, 0.2) is 121 Å². The Labute approximate surface area is 286 Å². The highest BCUT2D eigenvalue weighted by atomic mass is 28.4. The third-order valence-corrected chi connectivity index (χ3v) is 19.8. The SMILES string of the molecule is CC(C)(C)[Si](OC[C@H]1O[C@@H](O[Si](c2ccccc2)(c2ccccc2)C(C)(C)C)[C@@H]2NC(=O)O[C@H]2[C@@H]1O)(c1ccccc1)c1ccccc1. The van der Waals surface area contributed by atoms with Crippen molar-refractivity contribution in [1.82, 2.24) is 5.32 Å². The summed E-state index contributed by atoms with van der Waals surface area (Å²) in [6, 6.07) is 40.6. The Bertz CT molecular complexity index is 1580. The molecule has 2 N–H and O–H groups in total. The number of fused-ring (bicyclic) bond motifs is 1. The summed E-state index contributed by atoms with van der Waals surface area (Å²) in [6.07, 6.45) is -4.35. The fourth-order valence-corrected chi connectivity index (χ4v) is 16.7. The van der Waals surface area contributed by atoms with Crippen LogP contribution in [0.2, 0.25) is 10.1 Å². The van der Waals surface area contributed by atoms with Crippen LogP contribution in [-0.4, -0.2) is 65.1 Å². The predicted molar refractivity (Wildman–Crippen MR) is 194 cm³/mol. The van der Waals surface area contributed by atoms with Crippen LogP contribution in [0.5, 0.6) is 0 Å². The molecule has 4 aromatic rings. The summed E-state index contributed by atoms with van der Waals surface area (Å²) in [7, 11) is -6.07. The summed E-state index contributed by atoms with van der Waals surface area (Å²) in [5, 5.41) is 18.5. The van der Waals surface area contributed by atoms with E-state index in [1.807, 2.05) is 72.8 Å². The van der Waals surface area contributed by atoms with E-state index in [2.05, 4.69) is 95.4 Å². The second kappa shape index (κ2) is 13.4. The van der Waals surface area contributed by atoms with E-state index in [-0.39, 0.29) is 16.7 Å². The van der Waals surface area contributed by atoms with Gasteiger partial charge in [0.15, 0.2) is 12.4 Å². The first-order valence-electron chi connectivity index (χ1n) is 16.7. The zero-order valence-corrected chi connectivity index (χ0v) is 30.6. The first-order valence-corrected chi connectivity index (χ1v) is 20.5. The summed E-state index contributed by atoms with van der Waals surface area (Å²) in [5.41, 5.74) is 0. The number of alkyl carbamates (subject to hydrolysis) is 1. The van der Waals surface area contributed by atoms with Crippen LogP contribution in [0, 0.1) is 0 Å². The first kappa shape index (κ1) is 34.3. The number of nitrogens with one attached hydrogen (secondary N) is 1. The lowest BCUT2D eigenvalue weighted by Crippen LogP contribution is -2.72.